The van der Waals surface area contributed by atoms with Gasteiger partial charge in [-0.3, -0.25) is 4.79 Å². The van der Waals surface area contributed by atoms with Gasteiger partial charge in [-0.1, -0.05) is 0 Å². The number of fused-ring (bicyclic) bond motifs is 1. The van der Waals surface area contributed by atoms with Crippen LogP contribution >= 0.6 is 0 Å². The zero-order valence-electron chi connectivity index (χ0n) is 12.9. The van der Waals surface area contributed by atoms with Crippen molar-refractivity contribution in [3.8, 4) is 0 Å². The maximum absolute atomic E-state index is 12.7. The average Bonchev–Trinajstić information content (AvgIpc) is 2.84. The lowest BCUT2D eigenvalue weighted by molar-refractivity contribution is -0.154. The van der Waals surface area contributed by atoms with Crippen molar-refractivity contribution in [1.82, 2.24) is 9.21 Å². The van der Waals surface area contributed by atoms with Crippen molar-refractivity contribution in [3.63, 3.8) is 0 Å². The molecule has 1 amide bonds. The smallest absolute Gasteiger partial charge is 0.248 e. The molecule has 8 nitrogen and oxygen atoms in total. The summed E-state index contributed by atoms with van der Waals surface area (Å²) in [6.45, 7) is 1.70. The summed E-state index contributed by atoms with van der Waals surface area (Å²) in [6, 6.07) is 0. The Morgan fingerprint density at radius 1 is 1.32 bits per heavy atom. The third kappa shape index (κ3) is 2.44. The fourth-order valence-electron chi connectivity index (χ4n) is 3.75. The van der Waals surface area contributed by atoms with E-state index in [1.54, 1.807) is 12.0 Å². The minimum Gasteiger partial charge on any atom is -0.383 e. The number of nitrogens with zero attached hydrogens (tertiary/aromatic N) is 2. The average molecular weight is 334 g/mol. The second-order valence-corrected chi connectivity index (χ2v) is 8.22. The van der Waals surface area contributed by atoms with Crippen LogP contribution in [0.15, 0.2) is 0 Å². The summed E-state index contributed by atoms with van der Waals surface area (Å²) in [5.41, 5.74) is -0.807. The van der Waals surface area contributed by atoms with E-state index in [2.05, 4.69) is 0 Å². The SMILES string of the molecule is COCCN1C[C@]23CN(C(=O)COC)C[C@@H](C[C@H]2S1(=O)=O)O3. The molecule has 0 aromatic carbocycles. The second kappa shape index (κ2) is 5.72. The van der Waals surface area contributed by atoms with Crippen LogP contribution in [0.1, 0.15) is 6.42 Å². The van der Waals surface area contributed by atoms with Gasteiger partial charge in [0.15, 0.2) is 0 Å². The zero-order valence-corrected chi connectivity index (χ0v) is 13.7. The van der Waals surface area contributed by atoms with E-state index in [0.717, 1.165) is 0 Å². The quantitative estimate of drug-likeness (QED) is 0.619. The second-order valence-electron chi connectivity index (χ2n) is 6.11. The van der Waals surface area contributed by atoms with E-state index in [1.807, 2.05) is 0 Å². The predicted molar refractivity (Wildman–Crippen MR) is 76.8 cm³/mol. The number of sulfonamides is 1. The first-order valence-corrected chi connectivity index (χ1v) is 8.86. The van der Waals surface area contributed by atoms with Crippen LogP contribution < -0.4 is 0 Å². The van der Waals surface area contributed by atoms with Crippen molar-refractivity contribution in [3.05, 3.63) is 0 Å². The summed E-state index contributed by atoms with van der Waals surface area (Å²) in [4.78, 5) is 13.8. The molecule has 0 saturated carbocycles. The van der Waals surface area contributed by atoms with Gasteiger partial charge in [0.2, 0.25) is 15.9 Å². The lowest BCUT2D eigenvalue weighted by Crippen LogP contribution is -2.57. The molecule has 1 spiro atoms. The van der Waals surface area contributed by atoms with E-state index in [4.69, 9.17) is 14.2 Å². The van der Waals surface area contributed by atoms with Gasteiger partial charge < -0.3 is 19.1 Å². The zero-order chi connectivity index (χ0) is 16.0. The van der Waals surface area contributed by atoms with Gasteiger partial charge in [0.05, 0.1) is 19.3 Å². The van der Waals surface area contributed by atoms with E-state index in [9.17, 15) is 13.2 Å². The highest BCUT2D eigenvalue weighted by Gasteiger charge is 2.65. The van der Waals surface area contributed by atoms with Crippen molar-refractivity contribution in [2.24, 2.45) is 0 Å². The number of carbonyl (C=O) groups is 1. The highest BCUT2D eigenvalue weighted by molar-refractivity contribution is 7.90. The normalized spacial score (nSPS) is 36.5. The van der Waals surface area contributed by atoms with Gasteiger partial charge >= 0.3 is 0 Å². The molecule has 0 aromatic rings. The van der Waals surface area contributed by atoms with E-state index in [1.165, 1.54) is 11.4 Å². The maximum atomic E-state index is 12.7. The molecule has 126 valence electrons. The number of amides is 1. The molecule has 3 saturated heterocycles. The third-order valence-electron chi connectivity index (χ3n) is 4.68. The maximum Gasteiger partial charge on any atom is 0.248 e. The first-order chi connectivity index (χ1) is 10.4. The van der Waals surface area contributed by atoms with Crippen LogP contribution in [0.3, 0.4) is 0 Å². The Bertz CT molecular complexity index is 553. The molecule has 3 fully saturated rings. The molecule has 9 heteroatoms. The minimum atomic E-state index is -3.40. The fourth-order valence-corrected chi connectivity index (χ4v) is 6.04. The molecule has 0 unspecified atom stereocenters. The highest BCUT2D eigenvalue weighted by Crippen LogP contribution is 2.46. The standard InChI is InChI=1S/C13H22N2O6S/c1-19-4-3-15-9-13-8-14(12(16)7-20-2)6-10(21-13)5-11(13)22(15,17)18/h10-11H,3-9H2,1-2H3/t10-,11-,13-/m1/s1. The van der Waals surface area contributed by atoms with Crippen LogP contribution in [0.4, 0.5) is 0 Å². The molecular weight excluding hydrogens is 312 g/mol. The Hall–Kier alpha value is -0.740. The summed E-state index contributed by atoms with van der Waals surface area (Å²) in [6.07, 6.45) is 0.238. The van der Waals surface area contributed by atoms with E-state index >= 15 is 0 Å². The van der Waals surface area contributed by atoms with Gasteiger partial charge in [-0.2, -0.15) is 4.31 Å². The van der Waals surface area contributed by atoms with Crippen LogP contribution in [-0.2, 0) is 29.0 Å². The third-order valence-corrected chi connectivity index (χ3v) is 7.05. The molecular formula is C13H22N2O6S. The molecule has 2 bridgehead atoms. The van der Waals surface area contributed by atoms with Crippen LogP contribution in [0.25, 0.3) is 0 Å². The summed E-state index contributed by atoms with van der Waals surface area (Å²) < 4.78 is 42.7. The van der Waals surface area contributed by atoms with E-state index < -0.39 is 20.9 Å². The number of ether oxygens (including phenoxy) is 3. The molecule has 3 atom stereocenters. The predicted octanol–water partition coefficient (Wildman–Crippen LogP) is -1.34. The summed E-state index contributed by atoms with van der Waals surface area (Å²) in [7, 11) is -0.388. The molecule has 3 aliphatic heterocycles. The van der Waals surface area contributed by atoms with Crippen molar-refractivity contribution in [2.45, 2.75) is 23.4 Å². The highest BCUT2D eigenvalue weighted by atomic mass is 32.2. The number of morpholine rings is 1. The molecule has 0 aromatic heterocycles. The number of methoxy groups -OCH3 is 2. The summed E-state index contributed by atoms with van der Waals surface area (Å²) >= 11 is 0. The molecule has 3 heterocycles. The number of rotatable bonds is 5. The Kier molecular flexibility index (Phi) is 4.19. The number of likely N-dealkylation sites (tertiary alicyclic amines) is 1. The largest absolute Gasteiger partial charge is 0.383 e. The Balaban J connectivity index is 1.81. The van der Waals surface area contributed by atoms with Gasteiger partial charge in [0.25, 0.3) is 0 Å². The summed E-state index contributed by atoms with van der Waals surface area (Å²) in [5.74, 6) is -0.122. The lowest BCUT2D eigenvalue weighted by atomic mass is 9.99. The van der Waals surface area contributed by atoms with E-state index in [-0.39, 0.29) is 25.2 Å². The van der Waals surface area contributed by atoms with Crippen LogP contribution in [0, 0.1) is 0 Å². The Labute approximate surface area is 130 Å². The number of hydrogen-bond donors (Lipinski definition) is 0. The monoisotopic (exact) mass is 334 g/mol. The molecule has 0 N–H and O–H groups in total. The lowest BCUT2D eigenvalue weighted by Gasteiger charge is -2.39. The number of carbonyl (C=O) groups excluding carboxylic acids is 1. The van der Waals surface area contributed by atoms with Crippen molar-refractivity contribution >= 4 is 15.9 Å². The van der Waals surface area contributed by atoms with Gasteiger partial charge in [-0.15, -0.1) is 0 Å². The van der Waals surface area contributed by atoms with Crippen LogP contribution in [-0.4, -0.2) is 94.1 Å². The van der Waals surface area contributed by atoms with Gasteiger partial charge in [-0.05, 0) is 6.42 Å². The topological polar surface area (TPSA) is 85.4 Å². The van der Waals surface area contributed by atoms with Crippen molar-refractivity contribution in [2.75, 3.05) is 53.6 Å². The first-order valence-electron chi connectivity index (χ1n) is 7.35. The fraction of sp³-hybridized carbons (Fsp3) is 0.923. The molecule has 0 aliphatic carbocycles. The van der Waals surface area contributed by atoms with Gasteiger partial charge in [-0.25, -0.2) is 8.42 Å². The van der Waals surface area contributed by atoms with E-state index in [0.29, 0.717) is 32.7 Å². The van der Waals surface area contributed by atoms with Crippen LogP contribution in [0.5, 0.6) is 0 Å². The van der Waals surface area contributed by atoms with Crippen molar-refractivity contribution in [1.29, 1.82) is 0 Å². The van der Waals surface area contributed by atoms with Crippen LogP contribution in [0.2, 0.25) is 0 Å². The molecule has 3 aliphatic rings. The Morgan fingerprint density at radius 2 is 2.09 bits per heavy atom. The molecule has 3 rings (SSSR count). The minimum absolute atomic E-state index is 0.00755. The van der Waals surface area contributed by atoms with Gasteiger partial charge in [0, 0.05) is 33.9 Å². The number of hydrogen-bond acceptors (Lipinski definition) is 6. The summed E-state index contributed by atoms with van der Waals surface area (Å²) in [5, 5.41) is -0.567. The Morgan fingerprint density at radius 3 is 2.77 bits per heavy atom. The van der Waals surface area contributed by atoms with Crippen molar-refractivity contribution < 1.29 is 27.4 Å². The molecule has 22 heavy (non-hydrogen) atoms. The molecule has 0 radical (unpaired) electrons. The first kappa shape index (κ1) is 16.1. The van der Waals surface area contributed by atoms with Gasteiger partial charge in [0.1, 0.15) is 17.5 Å².